The number of furan rings is 1. The number of benzene rings is 2. The van der Waals surface area contributed by atoms with Gasteiger partial charge < -0.3 is 24.5 Å². The Bertz CT molecular complexity index is 1040. The summed E-state index contributed by atoms with van der Waals surface area (Å²) in [5.74, 6) is 0.889. The zero-order chi connectivity index (χ0) is 22.8. The molecular formula is C25H26N2O5. The third-order valence-electron chi connectivity index (χ3n) is 4.55. The highest BCUT2D eigenvalue weighted by atomic mass is 16.5. The number of rotatable bonds is 10. The van der Waals surface area contributed by atoms with Crippen molar-refractivity contribution in [1.82, 2.24) is 5.32 Å². The molecule has 166 valence electrons. The van der Waals surface area contributed by atoms with Crippen molar-refractivity contribution < 1.29 is 23.5 Å². The van der Waals surface area contributed by atoms with E-state index in [4.69, 9.17) is 13.9 Å². The molecule has 0 aliphatic heterocycles. The average molecular weight is 434 g/mol. The lowest BCUT2D eigenvalue weighted by Gasteiger charge is -2.12. The molecule has 0 atom stereocenters. The topological polar surface area (TPSA) is 89.8 Å². The average Bonchev–Trinajstić information content (AvgIpc) is 3.33. The van der Waals surface area contributed by atoms with E-state index < -0.39 is 11.8 Å². The van der Waals surface area contributed by atoms with Gasteiger partial charge in [0.05, 0.1) is 20.0 Å². The van der Waals surface area contributed by atoms with Gasteiger partial charge in [-0.3, -0.25) is 9.59 Å². The van der Waals surface area contributed by atoms with Crippen molar-refractivity contribution in [2.75, 3.05) is 19.0 Å². The maximum absolute atomic E-state index is 12.9. The minimum atomic E-state index is -0.487. The maximum Gasteiger partial charge on any atom is 0.272 e. The van der Waals surface area contributed by atoms with E-state index >= 15 is 0 Å². The highest BCUT2D eigenvalue weighted by Gasteiger charge is 2.16. The number of anilines is 1. The van der Waals surface area contributed by atoms with E-state index in [1.807, 2.05) is 0 Å². The molecule has 2 aromatic carbocycles. The molecule has 2 N–H and O–H groups in total. The van der Waals surface area contributed by atoms with Crippen molar-refractivity contribution in [2.24, 2.45) is 0 Å². The first kappa shape index (κ1) is 22.7. The largest absolute Gasteiger partial charge is 0.497 e. The molecule has 0 radical (unpaired) electrons. The lowest BCUT2D eigenvalue weighted by molar-refractivity contribution is -0.113. The Morgan fingerprint density at radius 3 is 2.34 bits per heavy atom. The van der Waals surface area contributed by atoms with Crippen LogP contribution in [0.5, 0.6) is 11.5 Å². The molecule has 7 nitrogen and oxygen atoms in total. The zero-order valence-electron chi connectivity index (χ0n) is 18.1. The van der Waals surface area contributed by atoms with Gasteiger partial charge >= 0.3 is 0 Å². The summed E-state index contributed by atoms with van der Waals surface area (Å²) in [5, 5.41) is 5.43. The fraction of sp³-hybridized carbons (Fsp3) is 0.200. The van der Waals surface area contributed by atoms with Crippen LogP contribution in [0.3, 0.4) is 0 Å². The van der Waals surface area contributed by atoms with Crippen molar-refractivity contribution >= 4 is 23.6 Å². The van der Waals surface area contributed by atoms with E-state index in [1.165, 1.54) is 12.3 Å². The van der Waals surface area contributed by atoms with Crippen LogP contribution in [0.4, 0.5) is 5.69 Å². The summed E-state index contributed by atoms with van der Waals surface area (Å²) in [6, 6.07) is 17.0. The highest BCUT2D eigenvalue weighted by molar-refractivity contribution is 6.10. The summed E-state index contributed by atoms with van der Waals surface area (Å²) < 4.78 is 16.1. The lowest BCUT2D eigenvalue weighted by atomic mass is 10.2. The smallest absolute Gasteiger partial charge is 0.272 e. The Labute approximate surface area is 187 Å². The summed E-state index contributed by atoms with van der Waals surface area (Å²) in [6.45, 7) is 2.72. The second kappa shape index (κ2) is 11.4. The number of hydrogen-bond acceptors (Lipinski definition) is 5. The SMILES string of the molecule is CCCCOc1ccc(C(=O)N/C(=C/c2ccco2)C(=O)Nc2ccc(OC)cc2)cc1. The van der Waals surface area contributed by atoms with E-state index in [0.717, 1.165) is 12.8 Å². The van der Waals surface area contributed by atoms with Crippen LogP contribution < -0.4 is 20.1 Å². The molecule has 0 saturated heterocycles. The van der Waals surface area contributed by atoms with Gasteiger partial charge in [0.1, 0.15) is 23.0 Å². The van der Waals surface area contributed by atoms with Crippen LogP contribution in [0.1, 0.15) is 35.9 Å². The minimum absolute atomic E-state index is 0.0454. The fourth-order valence-electron chi connectivity index (χ4n) is 2.78. The van der Waals surface area contributed by atoms with E-state index in [2.05, 4.69) is 17.6 Å². The molecule has 3 rings (SSSR count). The maximum atomic E-state index is 12.9. The van der Waals surface area contributed by atoms with Gasteiger partial charge in [-0.05, 0) is 67.1 Å². The van der Waals surface area contributed by atoms with Crippen LogP contribution in [-0.2, 0) is 4.79 Å². The summed E-state index contributed by atoms with van der Waals surface area (Å²) >= 11 is 0. The molecule has 0 saturated carbocycles. The normalized spacial score (nSPS) is 11.0. The quantitative estimate of drug-likeness (QED) is 0.351. The van der Waals surface area contributed by atoms with Crippen LogP contribution in [0.15, 0.2) is 77.0 Å². The second-order valence-electron chi connectivity index (χ2n) is 6.94. The van der Waals surface area contributed by atoms with Gasteiger partial charge in [0.2, 0.25) is 0 Å². The summed E-state index contributed by atoms with van der Waals surface area (Å²) in [5.41, 5.74) is 1.00. The monoisotopic (exact) mass is 434 g/mol. The summed E-state index contributed by atoms with van der Waals surface area (Å²) in [6.07, 6.45) is 4.97. The summed E-state index contributed by atoms with van der Waals surface area (Å²) in [4.78, 5) is 25.6. The van der Waals surface area contributed by atoms with Crippen molar-refractivity contribution in [1.29, 1.82) is 0 Å². The van der Waals surface area contributed by atoms with Crippen LogP contribution in [0, 0.1) is 0 Å². The van der Waals surface area contributed by atoms with Crippen molar-refractivity contribution in [3.8, 4) is 11.5 Å². The molecule has 32 heavy (non-hydrogen) atoms. The summed E-state index contributed by atoms with van der Waals surface area (Å²) in [7, 11) is 1.57. The first-order valence-corrected chi connectivity index (χ1v) is 10.3. The number of methoxy groups -OCH3 is 1. The molecule has 2 amide bonds. The third kappa shape index (κ3) is 6.50. The van der Waals surface area contributed by atoms with Crippen LogP contribution in [0.2, 0.25) is 0 Å². The van der Waals surface area contributed by atoms with Gasteiger partial charge in [0.25, 0.3) is 11.8 Å². The number of hydrogen-bond donors (Lipinski definition) is 2. The van der Waals surface area contributed by atoms with E-state index in [9.17, 15) is 9.59 Å². The Hall–Kier alpha value is -4.00. The van der Waals surface area contributed by atoms with Crippen LogP contribution in [0.25, 0.3) is 6.08 Å². The van der Waals surface area contributed by atoms with Gasteiger partial charge in [-0.1, -0.05) is 13.3 Å². The number of amides is 2. The van der Waals surface area contributed by atoms with Crippen LogP contribution in [-0.4, -0.2) is 25.5 Å². The van der Waals surface area contributed by atoms with Crippen molar-refractivity contribution in [3.63, 3.8) is 0 Å². The Morgan fingerprint density at radius 2 is 1.72 bits per heavy atom. The number of carbonyl (C=O) groups excluding carboxylic acids is 2. The first-order chi connectivity index (χ1) is 15.6. The van der Waals surface area contributed by atoms with Gasteiger partial charge in [-0.25, -0.2) is 0 Å². The van der Waals surface area contributed by atoms with Crippen LogP contribution >= 0.6 is 0 Å². The van der Waals surface area contributed by atoms with Crippen molar-refractivity contribution in [2.45, 2.75) is 19.8 Å². The Kier molecular flexibility index (Phi) is 8.09. The number of unbranched alkanes of at least 4 members (excludes halogenated alkanes) is 1. The lowest BCUT2D eigenvalue weighted by Crippen LogP contribution is -2.30. The predicted molar refractivity (Wildman–Crippen MR) is 123 cm³/mol. The van der Waals surface area contributed by atoms with E-state index in [1.54, 1.807) is 67.8 Å². The highest BCUT2D eigenvalue weighted by Crippen LogP contribution is 2.17. The molecule has 0 bridgehead atoms. The molecule has 7 heteroatoms. The number of nitrogens with one attached hydrogen (secondary N) is 2. The number of ether oxygens (including phenoxy) is 2. The fourth-order valence-corrected chi connectivity index (χ4v) is 2.78. The van der Waals surface area contributed by atoms with Gasteiger partial charge in [0, 0.05) is 17.3 Å². The molecule has 1 aromatic heterocycles. The standard InChI is InChI=1S/C25H26N2O5/c1-3-4-15-31-21-11-7-18(8-12-21)24(28)27-23(17-22-6-5-16-32-22)25(29)26-19-9-13-20(30-2)14-10-19/h5-14,16-17H,3-4,15H2,1-2H3,(H,26,29)(H,27,28)/b23-17+. The van der Waals surface area contributed by atoms with Gasteiger partial charge in [-0.15, -0.1) is 0 Å². The van der Waals surface area contributed by atoms with Crippen molar-refractivity contribution in [3.05, 3.63) is 83.9 Å². The molecule has 0 spiro atoms. The molecule has 0 aliphatic carbocycles. The molecule has 0 aliphatic rings. The zero-order valence-corrected chi connectivity index (χ0v) is 18.1. The molecule has 0 fully saturated rings. The van der Waals surface area contributed by atoms with E-state index in [-0.39, 0.29) is 5.70 Å². The van der Waals surface area contributed by atoms with Gasteiger partial charge in [0.15, 0.2) is 0 Å². The predicted octanol–water partition coefficient (Wildman–Crippen LogP) is 4.88. The molecule has 0 unspecified atom stereocenters. The minimum Gasteiger partial charge on any atom is -0.497 e. The molecular weight excluding hydrogens is 408 g/mol. The van der Waals surface area contributed by atoms with E-state index in [0.29, 0.717) is 35.1 Å². The second-order valence-corrected chi connectivity index (χ2v) is 6.94. The Morgan fingerprint density at radius 1 is 1.00 bits per heavy atom. The third-order valence-corrected chi connectivity index (χ3v) is 4.55. The molecule has 1 heterocycles. The first-order valence-electron chi connectivity index (χ1n) is 10.3. The molecule has 3 aromatic rings. The number of carbonyl (C=O) groups is 2. The van der Waals surface area contributed by atoms with Gasteiger partial charge in [-0.2, -0.15) is 0 Å². The Balaban J connectivity index is 1.72.